The van der Waals surface area contributed by atoms with Gasteiger partial charge in [-0.05, 0) is 44.4 Å². The third kappa shape index (κ3) is 5.19. The molecule has 1 aromatic carbocycles. The van der Waals surface area contributed by atoms with Gasteiger partial charge in [-0.25, -0.2) is 0 Å². The summed E-state index contributed by atoms with van der Waals surface area (Å²) in [6.45, 7) is 9.27. The first-order valence-corrected chi connectivity index (χ1v) is 9.03. The molecular formula is C19H29N3O3. The van der Waals surface area contributed by atoms with Crippen LogP contribution in [-0.2, 0) is 9.53 Å². The second-order valence-electron chi connectivity index (χ2n) is 6.79. The number of carbonyl (C=O) groups is 2. The number of amides is 2. The zero-order valence-electron chi connectivity index (χ0n) is 15.5. The monoisotopic (exact) mass is 347 g/mol. The highest BCUT2D eigenvalue weighted by molar-refractivity contribution is 6.05. The lowest BCUT2D eigenvalue weighted by Crippen LogP contribution is -2.43. The van der Waals surface area contributed by atoms with Gasteiger partial charge < -0.3 is 20.7 Å². The van der Waals surface area contributed by atoms with E-state index in [0.717, 1.165) is 18.5 Å². The zero-order valence-corrected chi connectivity index (χ0v) is 15.5. The van der Waals surface area contributed by atoms with Crippen LogP contribution < -0.4 is 16.0 Å². The summed E-state index contributed by atoms with van der Waals surface area (Å²) in [5.41, 5.74) is 2.04. The topological polar surface area (TPSA) is 79.5 Å². The zero-order chi connectivity index (χ0) is 18.4. The van der Waals surface area contributed by atoms with Gasteiger partial charge in [0.2, 0.25) is 5.91 Å². The summed E-state index contributed by atoms with van der Waals surface area (Å²) in [5.74, 6) is 0.0417. The van der Waals surface area contributed by atoms with Gasteiger partial charge in [-0.3, -0.25) is 9.59 Å². The predicted octanol–water partition coefficient (Wildman–Crippen LogP) is 3.01. The SMILES string of the molecule is CC[C@H](C)[C@@H]1Nc2ccc(C(=O)NCCCOC(C)C)cc2NC1=O. The number of hydrogen-bond donors (Lipinski definition) is 3. The molecule has 0 spiro atoms. The van der Waals surface area contributed by atoms with E-state index >= 15 is 0 Å². The van der Waals surface area contributed by atoms with Crippen molar-refractivity contribution in [2.45, 2.75) is 52.7 Å². The highest BCUT2D eigenvalue weighted by Crippen LogP contribution is 2.30. The van der Waals surface area contributed by atoms with E-state index in [9.17, 15) is 9.59 Å². The molecule has 0 saturated heterocycles. The Bertz CT molecular complexity index is 616. The molecule has 0 unspecified atom stereocenters. The van der Waals surface area contributed by atoms with Crippen LogP contribution in [0.5, 0.6) is 0 Å². The molecule has 2 rings (SSSR count). The van der Waals surface area contributed by atoms with Gasteiger partial charge in [0.1, 0.15) is 6.04 Å². The van der Waals surface area contributed by atoms with Crippen molar-refractivity contribution in [1.29, 1.82) is 0 Å². The van der Waals surface area contributed by atoms with Crippen molar-refractivity contribution in [1.82, 2.24) is 5.32 Å². The van der Waals surface area contributed by atoms with Gasteiger partial charge in [0.05, 0.1) is 17.5 Å². The van der Waals surface area contributed by atoms with E-state index in [2.05, 4.69) is 22.9 Å². The molecule has 0 bridgehead atoms. The molecule has 6 heteroatoms. The van der Waals surface area contributed by atoms with Crippen molar-refractivity contribution in [2.24, 2.45) is 5.92 Å². The Balaban J connectivity index is 1.94. The van der Waals surface area contributed by atoms with Gasteiger partial charge in [-0.15, -0.1) is 0 Å². The van der Waals surface area contributed by atoms with Gasteiger partial charge in [0.15, 0.2) is 0 Å². The van der Waals surface area contributed by atoms with Gasteiger partial charge in [0.25, 0.3) is 5.91 Å². The predicted molar refractivity (Wildman–Crippen MR) is 100.0 cm³/mol. The first-order valence-electron chi connectivity index (χ1n) is 9.03. The smallest absolute Gasteiger partial charge is 0.251 e. The number of benzene rings is 1. The molecule has 0 aliphatic carbocycles. The standard InChI is InChI=1S/C19H29N3O3/c1-5-13(4)17-19(24)22-16-11-14(7-8-15(16)21-17)18(23)20-9-6-10-25-12(2)3/h7-8,11-13,17,21H,5-6,9-10H2,1-4H3,(H,20,23)(H,22,24)/t13-,17-/m0/s1. The van der Waals surface area contributed by atoms with Gasteiger partial charge in [-0.1, -0.05) is 20.3 Å². The summed E-state index contributed by atoms with van der Waals surface area (Å²) in [7, 11) is 0. The van der Waals surface area contributed by atoms with E-state index in [1.165, 1.54) is 0 Å². The third-order valence-corrected chi connectivity index (χ3v) is 4.40. The molecule has 25 heavy (non-hydrogen) atoms. The molecule has 6 nitrogen and oxygen atoms in total. The molecule has 1 aliphatic heterocycles. The molecule has 1 aliphatic rings. The van der Waals surface area contributed by atoms with Crippen molar-refractivity contribution >= 4 is 23.2 Å². The maximum atomic E-state index is 12.2. The molecule has 2 amide bonds. The number of rotatable bonds is 8. The van der Waals surface area contributed by atoms with E-state index in [-0.39, 0.29) is 29.9 Å². The van der Waals surface area contributed by atoms with Crippen molar-refractivity contribution in [3.8, 4) is 0 Å². The van der Waals surface area contributed by atoms with E-state index < -0.39 is 0 Å². The molecule has 0 aromatic heterocycles. The largest absolute Gasteiger partial charge is 0.379 e. The second-order valence-corrected chi connectivity index (χ2v) is 6.79. The normalized spacial score (nSPS) is 17.5. The Kier molecular flexibility index (Phi) is 6.82. The van der Waals surface area contributed by atoms with Crippen molar-refractivity contribution in [3.63, 3.8) is 0 Å². The van der Waals surface area contributed by atoms with Crippen LogP contribution in [-0.4, -0.2) is 37.1 Å². The van der Waals surface area contributed by atoms with Crippen LogP contribution in [0.25, 0.3) is 0 Å². The molecule has 138 valence electrons. The van der Waals surface area contributed by atoms with Crippen LogP contribution in [0.3, 0.4) is 0 Å². The Morgan fingerprint density at radius 2 is 2.04 bits per heavy atom. The molecule has 0 saturated carbocycles. The minimum Gasteiger partial charge on any atom is -0.379 e. The molecule has 0 radical (unpaired) electrons. The minimum absolute atomic E-state index is 0.0507. The van der Waals surface area contributed by atoms with E-state index in [0.29, 0.717) is 24.4 Å². The second kappa shape index (κ2) is 8.85. The van der Waals surface area contributed by atoms with Gasteiger partial charge >= 0.3 is 0 Å². The summed E-state index contributed by atoms with van der Waals surface area (Å²) in [6.07, 6.45) is 1.89. The number of carbonyl (C=O) groups excluding carboxylic acids is 2. The Labute approximate surface area is 149 Å². The van der Waals surface area contributed by atoms with Crippen LogP contribution in [0.2, 0.25) is 0 Å². The lowest BCUT2D eigenvalue weighted by Gasteiger charge is -2.30. The minimum atomic E-state index is -0.238. The first kappa shape index (κ1) is 19.2. The molecular weight excluding hydrogens is 318 g/mol. The highest BCUT2D eigenvalue weighted by Gasteiger charge is 2.29. The fourth-order valence-corrected chi connectivity index (χ4v) is 2.69. The molecule has 0 fully saturated rings. The highest BCUT2D eigenvalue weighted by atomic mass is 16.5. The van der Waals surface area contributed by atoms with Crippen LogP contribution in [0.15, 0.2) is 18.2 Å². The Hall–Kier alpha value is -2.08. The first-order chi connectivity index (χ1) is 11.9. The Morgan fingerprint density at radius 1 is 1.28 bits per heavy atom. The number of fused-ring (bicyclic) bond motifs is 1. The lowest BCUT2D eigenvalue weighted by molar-refractivity contribution is -0.118. The summed E-state index contributed by atoms with van der Waals surface area (Å²) in [4.78, 5) is 24.5. The maximum Gasteiger partial charge on any atom is 0.251 e. The third-order valence-electron chi connectivity index (χ3n) is 4.40. The lowest BCUT2D eigenvalue weighted by atomic mass is 9.95. The summed E-state index contributed by atoms with van der Waals surface area (Å²) in [5, 5.41) is 9.06. The fraction of sp³-hybridized carbons (Fsp3) is 0.579. The number of hydrogen-bond acceptors (Lipinski definition) is 4. The molecule has 3 N–H and O–H groups in total. The van der Waals surface area contributed by atoms with Gasteiger partial charge in [-0.2, -0.15) is 0 Å². The summed E-state index contributed by atoms with van der Waals surface area (Å²) in [6, 6.07) is 5.10. The van der Waals surface area contributed by atoms with Crippen molar-refractivity contribution in [3.05, 3.63) is 23.8 Å². The number of nitrogens with one attached hydrogen (secondary N) is 3. The van der Waals surface area contributed by atoms with Crippen LogP contribution in [0.4, 0.5) is 11.4 Å². The Morgan fingerprint density at radius 3 is 2.72 bits per heavy atom. The van der Waals surface area contributed by atoms with Crippen LogP contribution in [0, 0.1) is 5.92 Å². The molecule has 1 heterocycles. The molecule has 1 aromatic rings. The average molecular weight is 347 g/mol. The fourth-order valence-electron chi connectivity index (χ4n) is 2.69. The number of anilines is 2. The van der Waals surface area contributed by atoms with E-state index in [1.54, 1.807) is 12.1 Å². The average Bonchev–Trinajstić information content (AvgIpc) is 2.59. The quantitative estimate of drug-likeness (QED) is 0.632. The van der Waals surface area contributed by atoms with Crippen molar-refractivity contribution in [2.75, 3.05) is 23.8 Å². The van der Waals surface area contributed by atoms with Crippen LogP contribution >= 0.6 is 0 Å². The summed E-state index contributed by atoms with van der Waals surface area (Å²) < 4.78 is 5.45. The maximum absolute atomic E-state index is 12.2. The van der Waals surface area contributed by atoms with Gasteiger partial charge in [0, 0.05) is 18.7 Å². The summed E-state index contributed by atoms with van der Waals surface area (Å²) >= 11 is 0. The number of ether oxygens (including phenoxy) is 1. The molecule has 2 atom stereocenters. The van der Waals surface area contributed by atoms with E-state index in [4.69, 9.17) is 4.74 Å². The van der Waals surface area contributed by atoms with E-state index in [1.807, 2.05) is 26.8 Å². The van der Waals surface area contributed by atoms with Crippen molar-refractivity contribution < 1.29 is 14.3 Å². The van der Waals surface area contributed by atoms with Crippen LogP contribution in [0.1, 0.15) is 50.9 Å².